The van der Waals surface area contributed by atoms with Crippen molar-refractivity contribution in [3.05, 3.63) is 78.0 Å². The number of pyridine rings is 1. The number of amides is 1. The van der Waals surface area contributed by atoms with E-state index < -0.39 is 0 Å². The smallest absolute Gasteiger partial charge is 0.251 e. The zero-order valence-electron chi connectivity index (χ0n) is 17.0. The summed E-state index contributed by atoms with van der Waals surface area (Å²) in [5.74, 6) is 0.471. The van der Waals surface area contributed by atoms with E-state index in [1.165, 1.54) is 5.56 Å². The van der Waals surface area contributed by atoms with Crippen molar-refractivity contribution in [3.8, 4) is 0 Å². The number of hydrogen-bond acceptors (Lipinski definition) is 4. The minimum Gasteiger partial charge on any atom is -0.348 e. The Labute approximate surface area is 176 Å². The average molecular weight is 399 g/mol. The first kappa shape index (κ1) is 18.0. The predicted molar refractivity (Wildman–Crippen MR) is 117 cm³/mol. The second kappa shape index (κ2) is 6.89. The maximum atomic E-state index is 13.4. The summed E-state index contributed by atoms with van der Waals surface area (Å²) in [5, 5.41) is 4.50. The highest BCUT2D eigenvalue weighted by molar-refractivity contribution is 5.98. The Balaban J connectivity index is 1.37. The maximum absolute atomic E-state index is 13.4. The molecule has 2 aromatic carbocycles. The number of benzene rings is 2. The van der Waals surface area contributed by atoms with E-state index in [1.807, 2.05) is 30.3 Å². The number of nitrogens with one attached hydrogen (secondary N) is 1. The molecule has 4 aliphatic rings. The van der Waals surface area contributed by atoms with Crippen molar-refractivity contribution < 1.29 is 4.79 Å². The van der Waals surface area contributed by atoms with Crippen molar-refractivity contribution in [1.82, 2.24) is 20.1 Å². The van der Waals surface area contributed by atoms with E-state index in [-0.39, 0.29) is 17.4 Å². The van der Waals surface area contributed by atoms with Crippen LogP contribution in [0.4, 0.5) is 0 Å². The highest BCUT2D eigenvalue weighted by Crippen LogP contribution is 2.43. The molecule has 1 aromatic heterocycles. The van der Waals surface area contributed by atoms with Crippen LogP contribution in [-0.2, 0) is 5.41 Å². The molecule has 4 fully saturated rings. The minimum atomic E-state index is -0.0625. The molecule has 3 aromatic rings. The number of hydrogen-bond donors (Lipinski definition) is 1. The quantitative estimate of drug-likeness (QED) is 0.737. The van der Waals surface area contributed by atoms with Gasteiger partial charge in [0.25, 0.3) is 5.91 Å². The highest BCUT2D eigenvalue weighted by Gasteiger charge is 2.55. The number of nitrogens with zero attached hydrogens (tertiary/aromatic N) is 3. The second-order valence-electron chi connectivity index (χ2n) is 9.11. The number of rotatable bonds is 3. The Morgan fingerprint density at radius 2 is 1.73 bits per heavy atom. The number of fused-ring (bicyclic) bond motifs is 2. The summed E-state index contributed by atoms with van der Waals surface area (Å²) in [6.07, 6.45) is 1.79. The summed E-state index contributed by atoms with van der Waals surface area (Å²) in [6, 6.07) is 20.7. The Morgan fingerprint density at radius 3 is 2.50 bits per heavy atom. The van der Waals surface area contributed by atoms with E-state index in [0.29, 0.717) is 11.5 Å². The molecule has 3 atom stereocenters. The molecular weight excluding hydrogens is 372 g/mol. The van der Waals surface area contributed by atoms with Crippen LogP contribution in [0.15, 0.2) is 66.9 Å². The molecular formula is C25H26N4O. The summed E-state index contributed by atoms with van der Waals surface area (Å²) in [7, 11) is 0. The van der Waals surface area contributed by atoms with Gasteiger partial charge in [-0.15, -0.1) is 0 Å². The lowest BCUT2D eigenvalue weighted by Crippen LogP contribution is -2.70. The predicted octanol–water partition coefficient (Wildman–Crippen LogP) is 2.53. The molecule has 4 aliphatic heterocycles. The first-order valence-corrected chi connectivity index (χ1v) is 10.9. The van der Waals surface area contributed by atoms with Gasteiger partial charge in [0, 0.05) is 73.8 Å². The van der Waals surface area contributed by atoms with Gasteiger partial charge in [0.2, 0.25) is 0 Å². The van der Waals surface area contributed by atoms with E-state index in [2.05, 4.69) is 50.4 Å². The molecule has 152 valence electrons. The number of carbonyl (C=O) groups is 1. The van der Waals surface area contributed by atoms with E-state index in [9.17, 15) is 4.79 Å². The van der Waals surface area contributed by atoms with Crippen LogP contribution in [0.2, 0.25) is 0 Å². The van der Waals surface area contributed by atoms with Crippen molar-refractivity contribution in [3.63, 3.8) is 0 Å². The van der Waals surface area contributed by atoms with Crippen molar-refractivity contribution in [2.45, 2.75) is 11.5 Å². The molecule has 5 heteroatoms. The third kappa shape index (κ3) is 2.84. The summed E-state index contributed by atoms with van der Waals surface area (Å²) in [6.45, 7) is 6.41. The number of aromatic nitrogens is 1. The summed E-state index contributed by atoms with van der Waals surface area (Å²) in [4.78, 5) is 23.0. The van der Waals surface area contributed by atoms with Crippen molar-refractivity contribution in [1.29, 1.82) is 0 Å². The Hall–Kier alpha value is -2.76. The SMILES string of the molecule is O=C(N[C@@H]1C2CN3CCN(C2)CC1(c1ccccc1)C3)c1ccc2ncccc2c1. The van der Waals surface area contributed by atoms with Gasteiger partial charge in [-0.25, -0.2) is 0 Å². The van der Waals surface area contributed by atoms with Gasteiger partial charge in [0.15, 0.2) is 0 Å². The largest absolute Gasteiger partial charge is 0.348 e. The summed E-state index contributed by atoms with van der Waals surface area (Å²) < 4.78 is 0. The lowest BCUT2D eigenvalue weighted by Gasteiger charge is -2.55. The van der Waals surface area contributed by atoms with Gasteiger partial charge >= 0.3 is 0 Å². The van der Waals surface area contributed by atoms with Gasteiger partial charge in [0.1, 0.15) is 0 Å². The molecule has 7 rings (SSSR count). The first-order chi connectivity index (χ1) is 14.7. The molecule has 4 saturated heterocycles. The van der Waals surface area contributed by atoms with Crippen LogP contribution in [0.25, 0.3) is 10.9 Å². The van der Waals surface area contributed by atoms with Gasteiger partial charge < -0.3 is 15.1 Å². The van der Waals surface area contributed by atoms with Crippen LogP contribution in [0.5, 0.6) is 0 Å². The second-order valence-corrected chi connectivity index (χ2v) is 9.11. The molecule has 5 nitrogen and oxygen atoms in total. The number of piperidine rings is 2. The van der Waals surface area contributed by atoms with Gasteiger partial charge in [-0.3, -0.25) is 9.78 Å². The van der Waals surface area contributed by atoms with Gasteiger partial charge in [0.05, 0.1) is 5.52 Å². The van der Waals surface area contributed by atoms with Crippen molar-refractivity contribution in [2.75, 3.05) is 39.3 Å². The average Bonchev–Trinajstić information content (AvgIpc) is 3.04. The zero-order valence-corrected chi connectivity index (χ0v) is 17.0. The van der Waals surface area contributed by atoms with Crippen LogP contribution in [0.1, 0.15) is 15.9 Å². The van der Waals surface area contributed by atoms with Crippen LogP contribution < -0.4 is 5.32 Å². The van der Waals surface area contributed by atoms with E-state index in [0.717, 1.165) is 50.2 Å². The standard InChI is InChI=1S/C25H26N4O/c30-24(19-8-9-22-18(13-19)5-4-10-26-22)27-23-20-14-28-11-12-29(15-20)17-25(23,16-28)21-6-2-1-3-7-21/h1-10,13,20,23H,11-12,14-17H2,(H,27,30)/t20?,23-,25?/m1/s1. The molecule has 2 unspecified atom stereocenters. The lowest BCUT2D eigenvalue weighted by atomic mass is 9.64. The molecule has 1 N–H and O–H groups in total. The Bertz CT molecular complexity index is 1080. The van der Waals surface area contributed by atoms with E-state index in [4.69, 9.17) is 0 Å². The zero-order chi connectivity index (χ0) is 20.1. The molecule has 0 saturated carbocycles. The Morgan fingerprint density at radius 1 is 0.967 bits per heavy atom. The lowest BCUT2D eigenvalue weighted by molar-refractivity contribution is 0.0180. The number of carbonyl (C=O) groups excluding carboxylic acids is 1. The fourth-order valence-electron chi connectivity index (χ4n) is 6.01. The highest BCUT2D eigenvalue weighted by atomic mass is 16.1. The first-order valence-electron chi connectivity index (χ1n) is 10.9. The summed E-state index contributed by atoms with van der Waals surface area (Å²) in [5.41, 5.74) is 2.92. The molecule has 4 bridgehead atoms. The fraction of sp³-hybridized carbons (Fsp3) is 0.360. The van der Waals surface area contributed by atoms with Crippen LogP contribution in [-0.4, -0.2) is 66.0 Å². The van der Waals surface area contributed by atoms with Crippen LogP contribution >= 0.6 is 0 Å². The minimum absolute atomic E-state index is 0.0252. The molecule has 1 amide bonds. The molecule has 0 spiro atoms. The van der Waals surface area contributed by atoms with Gasteiger partial charge in [-0.1, -0.05) is 36.4 Å². The van der Waals surface area contributed by atoms with Gasteiger partial charge in [-0.2, -0.15) is 0 Å². The van der Waals surface area contributed by atoms with E-state index in [1.54, 1.807) is 6.20 Å². The molecule has 5 heterocycles. The monoisotopic (exact) mass is 398 g/mol. The molecule has 0 aliphatic carbocycles. The van der Waals surface area contributed by atoms with Crippen LogP contribution in [0.3, 0.4) is 0 Å². The molecule has 0 radical (unpaired) electrons. The van der Waals surface area contributed by atoms with Crippen LogP contribution in [0, 0.1) is 5.92 Å². The third-order valence-electron chi connectivity index (χ3n) is 7.30. The maximum Gasteiger partial charge on any atom is 0.251 e. The van der Waals surface area contributed by atoms with Gasteiger partial charge in [-0.05, 0) is 29.8 Å². The molecule has 30 heavy (non-hydrogen) atoms. The Kier molecular flexibility index (Phi) is 4.15. The van der Waals surface area contributed by atoms with E-state index >= 15 is 0 Å². The van der Waals surface area contributed by atoms with Crippen molar-refractivity contribution in [2.24, 2.45) is 5.92 Å². The summed E-state index contributed by atoms with van der Waals surface area (Å²) >= 11 is 0. The normalized spacial score (nSPS) is 32.1. The third-order valence-corrected chi connectivity index (χ3v) is 7.30. The fourth-order valence-corrected chi connectivity index (χ4v) is 6.01. The topological polar surface area (TPSA) is 48.5 Å². The van der Waals surface area contributed by atoms with Crippen molar-refractivity contribution >= 4 is 16.8 Å².